The molecule has 0 saturated carbocycles. The van der Waals surface area contributed by atoms with Crippen molar-refractivity contribution in [3.8, 4) is 0 Å². The van der Waals surface area contributed by atoms with E-state index in [9.17, 15) is 9.59 Å². The Kier molecular flexibility index (Phi) is 3.90. The molecular weight excluding hydrogens is 310 g/mol. The molecule has 3 rings (SSSR count). The molecule has 0 fully saturated rings. The molecule has 7 heteroatoms. The van der Waals surface area contributed by atoms with Crippen molar-refractivity contribution in [3.05, 3.63) is 49.0 Å². The molecule has 1 aliphatic rings. The van der Waals surface area contributed by atoms with Crippen LogP contribution in [-0.2, 0) is 11.3 Å². The maximum absolute atomic E-state index is 12.1. The van der Waals surface area contributed by atoms with E-state index in [1.165, 1.54) is 17.4 Å². The van der Waals surface area contributed by atoms with Crippen molar-refractivity contribution in [2.75, 3.05) is 11.9 Å². The second kappa shape index (κ2) is 5.83. The van der Waals surface area contributed by atoms with Crippen LogP contribution in [0.3, 0.4) is 0 Å². The third-order valence-corrected chi connectivity index (χ3v) is 4.35. The van der Waals surface area contributed by atoms with E-state index in [4.69, 9.17) is 11.6 Å². The summed E-state index contributed by atoms with van der Waals surface area (Å²) in [4.78, 5) is 29.1. The van der Waals surface area contributed by atoms with Gasteiger partial charge in [-0.25, -0.2) is 0 Å². The first-order chi connectivity index (χ1) is 10.1. The van der Waals surface area contributed by atoms with Gasteiger partial charge in [0.2, 0.25) is 5.91 Å². The number of nitrogens with zero attached hydrogens (tertiary/aromatic N) is 2. The van der Waals surface area contributed by atoms with Crippen LogP contribution in [0, 0.1) is 0 Å². The summed E-state index contributed by atoms with van der Waals surface area (Å²) in [5.41, 5.74) is 0.483. The summed E-state index contributed by atoms with van der Waals surface area (Å²) in [5, 5.41) is 3.30. The Morgan fingerprint density at radius 2 is 2.14 bits per heavy atom. The maximum Gasteiger partial charge on any atom is 0.270 e. The maximum atomic E-state index is 12.1. The Labute approximate surface area is 129 Å². The van der Waals surface area contributed by atoms with Gasteiger partial charge in [-0.3, -0.25) is 19.1 Å². The summed E-state index contributed by atoms with van der Waals surface area (Å²) < 4.78 is 2.03. The monoisotopic (exact) mass is 321 g/mol. The van der Waals surface area contributed by atoms with Crippen molar-refractivity contribution in [3.63, 3.8) is 0 Å². The quantitative estimate of drug-likeness (QED) is 0.897. The van der Waals surface area contributed by atoms with Crippen molar-refractivity contribution in [2.24, 2.45) is 4.99 Å². The van der Waals surface area contributed by atoms with E-state index >= 15 is 0 Å². The number of amides is 1. The fourth-order valence-electron chi connectivity index (χ4n) is 2.06. The fraction of sp³-hybridized carbons (Fsp3) is 0.214. The zero-order valence-electron chi connectivity index (χ0n) is 11.0. The Bertz CT molecular complexity index is 852. The first kappa shape index (κ1) is 14.0. The zero-order valence-corrected chi connectivity index (χ0v) is 12.6. The summed E-state index contributed by atoms with van der Waals surface area (Å²) in [7, 11) is 0. The van der Waals surface area contributed by atoms with Gasteiger partial charge in [0.05, 0.1) is 0 Å². The van der Waals surface area contributed by atoms with Crippen LogP contribution < -0.4 is 20.2 Å². The van der Waals surface area contributed by atoms with Crippen LogP contribution in [0.1, 0.15) is 6.42 Å². The second-order valence-electron chi connectivity index (χ2n) is 4.58. The Morgan fingerprint density at radius 1 is 1.38 bits per heavy atom. The van der Waals surface area contributed by atoms with Crippen LogP contribution >= 0.6 is 22.9 Å². The van der Waals surface area contributed by atoms with Crippen molar-refractivity contribution < 1.29 is 4.79 Å². The lowest BCUT2D eigenvalue weighted by atomic mass is 10.3. The molecule has 0 unspecified atom stereocenters. The van der Waals surface area contributed by atoms with Crippen LogP contribution in [0.2, 0.25) is 5.02 Å². The standard InChI is InChI=1S/C14H12ClN3O2S/c15-9-2-4-10(5-3-9)17-12(19)8-11-13(20)18-7-1-6-16-14(18)21-11/h2-5,8H,1,6-7H2,(H,17,19). The summed E-state index contributed by atoms with van der Waals surface area (Å²) in [6.45, 7) is 1.40. The van der Waals surface area contributed by atoms with Gasteiger partial charge in [0, 0.05) is 29.9 Å². The van der Waals surface area contributed by atoms with Crippen LogP contribution in [0.4, 0.5) is 5.69 Å². The summed E-state index contributed by atoms with van der Waals surface area (Å²) in [5.74, 6) is -0.339. The Morgan fingerprint density at radius 3 is 2.86 bits per heavy atom. The summed E-state index contributed by atoms with van der Waals surface area (Å²) >= 11 is 7.03. The van der Waals surface area contributed by atoms with Gasteiger partial charge in [0.1, 0.15) is 4.53 Å². The molecule has 5 nitrogen and oxygen atoms in total. The minimum Gasteiger partial charge on any atom is -0.322 e. The van der Waals surface area contributed by atoms with Crippen LogP contribution in [0.5, 0.6) is 0 Å². The number of nitrogens with one attached hydrogen (secondary N) is 1. The fourth-order valence-corrected chi connectivity index (χ4v) is 3.18. The number of halogens is 1. The number of hydrogen-bond donors (Lipinski definition) is 1. The molecule has 21 heavy (non-hydrogen) atoms. The lowest BCUT2D eigenvalue weighted by Gasteiger charge is -2.03. The van der Waals surface area contributed by atoms with Gasteiger partial charge in [0.15, 0.2) is 4.80 Å². The van der Waals surface area contributed by atoms with Gasteiger partial charge in [0.25, 0.3) is 5.56 Å². The molecule has 0 spiro atoms. The Hall–Kier alpha value is -1.92. The summed E-state index contributed by atoms with van der Waals surface area (Å²) in [6.07, 6.45) is 2.18. The largest absolute Gasteiger partial charge is 0.322 e. The zero-order chi connectivity index (χ0) is 14.8. The number of thiazole rings is 1. The molecule has 1 N–H and O–H groups in total. The highest BCUT2D eigenvalue weighted by atomic mass is 35.5. The average molecular weight is 322 g/mol. The number of fused-ring (bicyclic) bond motifs is 1. The van der Waals surface area contributed by atoms with Crippen molar-refractivity contribution in [1.82, 2.24) is 4.57 Å². The highest BCUT2D eigenvalue weighted by Gasteiger charge is 2.09. The van der Waals surface area contributed by atoms with Gasteiger partial charge < -0.3 is 5.32 Å². The minimum absolute atomic E-state index is 0.148. The smallest absolute Gasteiger partial charge is 0.270 e. The Balaban J connectivity index is 1.88. The third-order valence-electron chi connectivity index (χ3n) is 3.05. The van der Waals surface area contributed by atoms with Gasteiger partial charge >= 0.3 is 0 Å². The van der Waals surface area contributed by atoms with Gasteiger partial charge in [-0.1, -0.05) is 22.9 Å². The van der Waals surface area contributed by atoms with E-state index < -0.39 is 0 Å². The van der Waals surface area contributed by atoms with E-state index in [-0.39, 0.29) is 11.5 Å². The number of aromatic nitrogens is 1. The summed E-state index contributed by atoms with van der Waals surface area (Å²) in [6, 6.07) is 6.79. The van der Waals surface area contributed by atoms with Crippen LogP contribution in [-0.4, -0.2) is 17.0 Å². The normalized spacial score (nSPS) is 14.4. The SMILES string of the molecule is O=C(C=c1sc2n(c1=O)CCCN=2)Nc1ccc(Cl)cc1. The molecule has 0 atom stereocenters. The number of carbonyl (C=O) groups is 1. The highest BCUT2D eigenvalue weighted by molar-refractivity contribution is 7.07. The molecule has 1 aromatic carbocycles. The highest BCUT2D eigenvalue weighted by Crippen LogP contribution is 2.13. The van der Waals surface area contributed by atoms with E-state index in [1.54, 1.807) is 28.8 Å². The first-order valence-electron chi connectivity index (χ1n) is 6.46. The van der Waals surface area contributed by atoms with Gasteiger partial charge in [-0.2, -0.15) is 0 Å². The average Bonchev–Trinajstić information content (AvgIpc) is 2.78. The predicted molar refractivity (Wildman–Crippen MR) is 83.4 cm³/mol. The molecule has 2 aromatic rings. The van der Waals surface area contributed by atoms with Crippen molar-refractivity contribution in [2.45, 2.75) is 13.0 Å². The molecular formula is C14H12ClN3O2S. The van der Waals surface area contributed by atoms with Gasteiger partial charge in [-0.05, 0) is 30.7 Å². The first-order valence-corrected chi connectivity index (χ1v) is 7.65. The molecule has 108 valence electrons. The second-order valence-corrected chi connectivity index (χ2v) is 6.03. The van der Waals surface area contributed by atoms with Crippen LogP contribution in [0.15, 0.2) is 34.1 Å². The molecule has 1 aliphatic heterocycles. The number of hydrogen-bond acceptors (Lipinski definition) is 4. The molecule has 0 bridgehead atoms. The number of carbonyl (C=O) groups excluding carboxylic acids is 1. The molecule has 0 aliphatic carbocycles. The van der Waals surface area contributed by atoms with Crippen molar-refractivity contribution in [1.29, 1.82) is 0 Å². The molecule has 0 radical (unpaired) electrons. The van der Waals surface area contributed by atoms with Gasteiger partial charge in [-0.15, -0.1) is 0 Å². The molecule has 1 aromatic heterocycles. The topological polar surface area (TPSA) is 63.5 Å². The van der Waals surface area contributed by atoms with E-state index in [1.807, 2.05) is 0 Å². The van der Waals surface area contributed by atoms with E-state index in [0.717, 1.165) is 13.0 Å². The lowest BCUT2D eigenvalue weighted by molar-refractivity contribution is -0.110. The molecule has 1 amide bonds. The third kappa shape index (κ3) is 3.06. The van der Waals surface area contributed by atoms with E-state index in [2.05, 4.69) is 10.3 Å². The minimum atomic E-state index is -0.339. The molecule has 2 heterocycles. The van der Waals surface area contributed by atoms with Crippen LogP contribution in [0.25, 0.3) is 6.08 Å². The number of benzene rings is 1. The van der Waals surface area contributed by atoms with Crippen molar-refractivity contribution >= 4 is 40.6 Å². The van der Waals surface area contributed by atoms with E-state index in [0.29, 0.717) is 26.6 Å². The predicted octanol–water partition coefficient (Wildman–Crippen LogP) is 1.01. The molecule has 0 saturated heterocycles. The number of rotatable bonds is 2. The lowest BCUT2D eigenvalue weighted by Crippen LogP contribution is -2.34. The number of anilines is 1.